The number of thioether (sulfide) groups is 1. The number of rotatable bonds is 4. The zero-order valence-electron chi connectivity index (χ0n) is 13.5. The quantitative estimate of drug-likeness (QED) is 0.895. The lowest BCUT2D eigenvalue weighted by Crippen LogP contribution is -2.19. The van der Waals surface area contributed by atoms with Crippen molar-refractivity contribution < 1.29 is 14.3 Å². The first kappa shape index (κ1) is 16.4. The number of amides is 2. The molecule has 1 aliphatic rings. The monoisotopic (exact) mass is 342 g/mol. The lowest BCUT2D eigenvalue weighted by Gasteiger charge is -2.17. The van der Waals surface area contributed by atoms with Crippen LogP contribution in [0.25, 0.3) is 0 Å². The molecular weight excluding hydrogens is 324 g/mol. The van der Waals surface area contributed by atoms with E-state index in [4.69, 9.17) is 4.74 Å². The zero-order valence-corrected chi connectivity index (χ0v) is 14.3. The molecule has 0 aromatic heterocycles. The molecule has 3 rings (SSSR count). The second-order valence-corrected chi connectivity index (χ2v) is 6.61. The van der Waals surface area contributed by atoms with Gasteiger partial charge in [-0.25, -0.2) is 0 Å². The molecule has 5 nitrogen and oxygen atoms in total. The highest BCUT2D eigenvalue weighted by Crippen LogP contribution is 2.32. The number of methoxy groups -OCH3 is 1. The van der Waals surface area contributed by atoms with E-state index < -0.39 is 0 Å². The molecule has 2 aromatic rings. The van der Waals surface area contributed by atoms with Crippen molar-refractivity contribution in [3.05, 3.63) is 47.5 Å². The third kappa shape index (κ3) is 3.71. The smallest absolute Gasteiger partial charge is 0.234 e. The molecule has 1 aliphatic heterocycles. The molecule has 0 atom stereocenters. The van der Waals surface area contributed by atoms with Crippen molar-refractivity contribution in [2.24, 2.45) is 0 Å². The number of nitrogens with one attached hydrogen (secondary N) is 2. The number of carbonyl (C=O) groups is 2. The third-order valence-corrected chi connectivity index (χ3v) is 4.74. The molecule has 0 saturated carbocycles. The fourth-order valence-corrected chi connectivity index (χ4v) is 3.33. The lowest BCUT2D eigenvalue weighted by atomic mass is 10.1. The van der Waals surface area contributed by atoms with Gasteiger partial charge in [-0.15, -0.1) is 11.8 Å². The number of hydrogen-bond acceptors (Lipinski definition) is 4. The Hall–Kier alpha value is -2.47. The maximum atomic E-state index is 12.3. The summed E-state index contributed by atoms with van der Waals surface area (Å²) in [5.41, 5.74) is 3.32. The molecule has 0 bridgehead atoms. The van der Waals surface area contributed by atoms with E-state index in [1.807, 2.05) is 43.3 Å². The Morgan fingerprint density at radius 3 is 2.92 bits per heavy atom. The van der Waals surface area contributed by atoms with Gasteiger partial charge in [0.15, 0.2) is 0 Å². The van der Waals surface area contributed by atoms with Crippen LogP contribution in [0, 0.1) is 6.92 Å². The average molecular weight is 342 g/mol. The molecule has 0 radical (unpaired) electrons. The topological polar surface area (TPSA) is 67.4 Å². The first-order valence-corrected chi connectivity index (χ1v) is 8.54. The van der Waals surface area contributed by atoms with Crippen LogP contribution in [0.5, 0.6) is 5.75 Å². The van der Waals surface area contributed by atoms with Crippen LogP contribution in [0.2, 0.25) is 0 Å². The fourth-order valence-electron chi connectivity index (χ4n) is 2.54. The highest BCUT2D eigenvalue weighted by Gasteiger charge is 2.16. The van der Waals surface area contributed by atoms with Gasteiger partial charge in [-0.2, -0.15) is 0 Å². The van der Waals surface area contributed by atoms with Gasteiger partial charge in [-0.3, -0.25) is 9.59 Å². The largest absolute Gasteiger partial charge is 0.495 e. The minimum absolute atomic E-state index is 0.0152. The summed E-state index contributed by atoms with van der Waals surface area (Å²) in [4.78, 5) is 24.8. The highest BCUT2D eigenvalue weighted by molar-refractivity contribution is 8.00. The first-order valence-electron chi connectivity index (χ1n) is 7.55. The van der Waals surface area contributed by atoms with Gasteiger partial charge in [0, 0.05) is 4.90 Å². The maximum Gasteiger partial charge on any atom is 0.234 e. The average Bonchev–Trinajstić information content (AvgIpc) is 2.54. The Labute approximate surface area is 144 Å². The molecule has 0 saturated heterocycles. The summed E-state index contributed by atoms with van der Waals surface area (Å²) in [7, 11) is 1.57. The SMILES string of the molecule is COc1ccc(C)cc1NC(=O)Cc1ccc2c(c1)NC(=O)CS2. The molecule has 0 spiro atoms. The zero-order chi connectivity index (χ0) is 17.1. The standard InChI is InChI=1S/C18H18N2O3S/c1-11-3-5-15(23-2)13(7-11)19-17(21)9-12-4-6-16-14(8-12)20-18(22)10-24-16/h3-8H,9-10H2,1-2H3,(H,19,21)(H,20,22). The molecule has 2 aromatic carbocycles. The minimum Gasteiger partial charge on any atom is -0.495 e. The summed E-state index contributed by atoms with van der Waals surface area (Å²) in [6.07, 6.45) is 0.227. The van der Waals surface area contributed by atoms with Crippen LogP contribution in [0.4, 0.5) is 11.4 Å². The summed E-state index contributed by atoms with van der Waals surface area (Å²) in [5, 5.41) is 5.72. The van der Waals surface area contributed by atoms with Gasteiger partial charge in [0.1, 0.15) is 5.75 Å². The first-order chi connectivity index (χ1) is 11.5. The van der Waals surface area contributed by atoms with Crippen molar-refractivity contribution in [2.75, 3.05) is 23.5 Å². The molecule has 0 fully saturated rings. The highest BCUT2D eigenvalue weighted by atomic mass is 32.2. The van der Waals surface area contributed by atoms with Crippen molar-refractivity contribution in [3.63, 3.8) is 0 Å². The van der Waals surface area contributed by atoms with E-state index >= 15 is 0 Å². The van der Waals surface area contributed by atoms with Gasteiger partial charge in [-0.05, 0) is 42.3 Å². The van der Waals surface area contributed by atoms with Crippen LogP contribution >= 0.6 is 11.8 Å². The van der Waals surface area contributed by atoms with Gasteiger partial charge >= 0.3 is 0 Å². The van der Waals surface area contributed by atoms with E-state index in [9.17, 15) is 9.59 Å². The molecule has 0 unspecified atom stereocenters. The molecule has 24 heavy (non-hydrogen) atoms. The van der Waals surface area contributed by atoms with Gasteiger partial charge in [0.25, 0.3) is 0 Å². The Morgan fingerprint density at radius 1 is 1.29 bits per heavy atom. The van der Waals surface area contributed by atoms with Gasteiger partial charge in [-0.1, -0.05) is 12.1 Å². The van der Waals surface area contributed by atoms with E-state index in [-0.39, 0.29) is 18.2 Å². The summed E-state index contributed by atoms with van der Waals surface area (Å²) in [6.45, 7) is 1.96. The van der Waals surface area contributed by atoms with E-state index in [0.29, 0.717) is 17.2 Å². The molecule has 2 N–H and O–H groups in total. The molecule has 0 aliphatic carbocycles. The van der Waals surface area contributed by atoms with E-state index in [1.165, 1.54) is 11.8 Å². The summed E-state index contributed by atoms with van der Waals surface area (Å²) in [6, 6.07) is 11.3. The molecule has 2 amide bonds. The second kappa shape index (κ2) is 6.97. The number of anilines is 2. The molecule has 1 heterocycles. The van der Waals surface area contributed by atoms with Crippen LogP contribution in [0.1, 0.15) is 11.1 Å². The summed E-state index contributed by atoms with van der Waals surface area (Å²) < 4.78 is 5.27. The number of aryl methyl sites for hydroxylation is 1. The second-order valence-electron chi connectivity index (χ2n) is 5.60. The van der Waals surface area contributed by atoms with Gasteiger partial charge in [0.2, 0.25) is 11.8 Å². The van der Waals surface area contributed by atoms with E-state index in [0.717, 1.165) is 21.7 Å². The van der Waals surface area contributed by atoms with Crippen LogP contribution in [0.15, 0.2) is 41.3 Å². The number of hydrogen-bond donors (Lipinski definition) is 2. The Bertz CT molecular complexity index is 805. The normalized spacial score (nSPS) is 13.0. The summed E-state index contributed by atoms with van der Waals surface area (Å²) in [5.74, 6) is 0.912. The Kier molecular flexibility index (Phi) is 4.76. The fraction of sp³-hybridized carbons (Fsp3) is 0.222. The van der Waals surface area contributed by atoms with Crippen molar-refractivity contribution >= 4 is 35.0 Å². The number of benzene rings is 2. The van der Waals surface area contributed by atoms with E-state index in [1.54, 1.807) is 7.11 Å². The molecule has 6 heteroatoms. The van der Waals surface area contributed by atoms with Crippen LogP contribution < -0.4 is 15.4 Å². The minimum atomic E-state index is -0.131. The van der Waals surface area contributed by atoms with Gasteiger partial charge < -0.3 is 15.4 Å². The lowest BCUT2D eigenvalue weighted by molar-refractivity contribution is -0.115. The maximum absolute atomic E-state index is 12.3. The predicted molar refractivity (Wildman–Crippen MR) is 95.9 cm³/mol. The van der Waals surface area contributed by atoms with Crippen molar-refractivity contribution in [1.29, 1.82) is 0 Å². The summed E-state index contributed by atoms with van der Waals surface area (Å²) >= 11 is 1.50. The number of fused-ring (bicyclic) bond motifs is 1. The Balaban J connectivity index is 1.73. The Morgan fingerprint density at radius 2 is 2.12 bits per heavy atom. The number of ether oxygens (including phenoxy) is 1. The van der Waals surface area contributed by atoms with Crippen molar-refractivity contribution in [1.82, 2.24) is 0 Å². The van der Waals surface area contributed by atoms with Gasteiger partial charge in [0.05, 0.1) is 30.7 Å². The van der Waals surface area contributed by atoms with Crippen LogP contribution in [-0.2, 0) is 16.0 Å². The number of carbonyl (C=O) groups excluding carboxylic acids is 2. The van der Waals surface area contributed by atoms with Crippen LogP contribution in [0.3, 0.4) is 0 Å². The van der Waals surface area contributed by atoms with E-state index in [2.05, 4.69) is 10.6 Å². The molecule has 124 valence electrons. The van der Waals surface area contributed by atoms with Crippen LogP contribution in [-0.4, -0.2) is 24.7 Å². The van der Waals surface area contributed by atoms with Crippen molar-refractivity contribution in [2.45, 2.75) is 18.2 Å². The molecular formula is C18H18N2O3S. The third-order valence-electron chi connectivity index (χ3n) is 3.67. The predicted octanol–water partition coefficient (Wildman–Crippen LogP) is 3.23. The van der Waals surface area contributed by atoms with Crippen molar-refractivity contribution in [3.8, 4) is 5.75 Å².